The molecule has 0 unspecified atom stereocenters. The van der Waals surface area contributed by atoms with Crippen LogP contribution in [0.25, 0.3) is 0 Å². The zero-order valence-corrected chi connectivity index (χ0v) is 18.2. The fourth-order valence-electron chi connectivity index (χ4n) is 2.54. The second kappa shape index (κ2) is 9.86. The number of aromatic nitrogens is 1. The van der Waals surface area contributed by atoms with Gasteiger partial charge in [-0.05, 0) is 45.0 Å². The summed E-state index contributed by atoms with van der Waals surface area (Å²) in [7, 11) is 0. The molecule has 0 aliphatic heterocycles. The molecule has 2 N–H and O–H groups in total. The number of nitrogens with zero attached hydrogens (tertiary/aromatic N) is 2. The third-order valence-corrected chi connectivity index (χ3v) is 5.03. The van der Waals surface area contributed by atoms with E-state index in [1.165, 1.54) is 5.38 Å². The minimum Gasteiger partial charge on any atom is -0.461 e. The summed E-state index contributed by atoms with van der Waals surface area (Å²) >= 11 is 1.03. The van der Waals surface area contributed by atoms with Crippen LogP contribution in [0.1, 0.15) is 38.9 Å². The number of hydrazine groups is 1. The summed E-state index contributed by atoms with van der Waals surface area (Å²) in [4.78, 5) is 41.8. The molecule has 3 rings (SSSR count). The molecular formula is C22H22N4O4S. The second-order valence-electron chi connectivity index (χ2n) is 6.67. The van der Waals surface area contributed by atoms with Crippen LogP contribution in [0.2, 0.25) is 0 Å². The zero-order chi connectivity index (χ0) is 22.4. The van der Waals surface area contributed by atoms with Crippen molar-refractivity contribution in [2.45, 2.75) is 20.8 Å². The molecule has 0 fully saturated rings. The Morgan fingerprint density at radius 3 is 2.23 bits per heavy atom. The maximum absolute atomic E-state index is 13.0. The summed E-state index contributed by atoms with van der Waals surface area (Å²) in [6, 6.07) is 13.5. The SMILES string of the molecule is CCOC(=O)c1csc(N(NC(=O)c2ccc(C)cc2)C(=O)Nc2ccc(C)cc2)n1. The highest BCUT2D eigenvalue weighted by atomic mass is 32.1. The lowest BCUT2D eigenvalue weighted by molar-refractivity contribution is 0.0520. The van der Waals surface area contributed by atoms with Crippen molar-refractivity contribution in [2.24, 2.45) is 0 Å². The van der Waals surface area contributed by atoms with E-state index in [-0.39, 0.29) is 17.4 Å². The van der Waals surface area contributed by atoms with Crippen LogP contribution in [0.3, 0.4) is 0 Å². The van der Waals surface area contributed by atoms with Gasteiger partial charge in [0.1, 0.15) is 0 Å². The molecule has 1 heterocycles. The van der Waals surface area contributed by atoms with Gasteiger partial charge in [0.05, 0.1) is 6.61 Å². The van der Waals surface area contributed by atoms with E-state index in [0.717, 1.165) is 27.5 Å². The molecule has 0 aliphatic carbocycles. The first kappa shape index (κ1) is 22.0. The van der Waals surface area contributed by atoms with Crippen molar-refractivity contribution in [1.82, 2.24) is 10.4 Å². The number of urea groups is 1. The molecule has 3 aromatic rings. The fraction of sp³-hybridized carbons (Fsp3) is 0.182. The van der Waals surface area contributed by atoms with E-state index in [4.69, 9.17) is 4.74 Å². The van der Waals surface area contributed by atoms with E-state index in [9.17, 15) is 14.4 Å². The Labute approximate surface area is 183 Å². The molecule has 31 heavy (non-hydrogen) atoms. The Morgan fingerprint density at radius 1 is 1.00 bits per heavy atom. The lowest BCUT2D eigenvalue weighted by Gasteiger charge is -2.21. The molecule has 3 amide bonds. The van der Waals surface area contributed by atoms with Gasteiger partial charge >= 0.3 is 12.0 Å². The monoisotopic (exact) mass is 438 g/mol. The summed E-state index contributed by atoms with van der Waals surface area (Å²) in [5.74, 6) is -1.10. The van der Waals surface area contributed by atoms with Gasteiger partial charge in [-0.15, -0.1) is 11.3 Å². The molecule has 0 saturated carbocycles. The van der Waals surface area contributed by atoms with Crippen LogP contribution in [0.4, 0.5) is 15.6 Å². The van der Waals surface area contributed by atoms with Gasteiger partial charge in [0, 0.05) is 16.6 Å². The predicted octanol–water partition coefficient (Wildman–Crippen LogP) is 4.32. The lowest BCUT2D eigenvalue weighted by Crippen LogP contribution is -2.48. The third kappa shape index (κ3) is 5.67. The van der Waals surface area contributed by atoms with Gasteiger partial charge in [0.15, 0.2) is 5.69 Å². The number of nitrogens with one attached hydrogen (secondary N) is 2. The van der Waals surface area contributed by atoms with Crippen LogP contribution in [-0.4, -0.2) is 29.5 Å². The van der Waals surface area contributed by atoms with Gasteiger partial charge in [-0.2, -0.15) is 5.01 Å². The van der Waals surface area contributed by atoms with E-state index in [2.05, 4.69) is 15.7 Å². The lowest BCUT2D eigenvalue weighted by atomic mass is 10.1. The van der Waals surface area contributed by atoms with Crippen molar-refractivity contribution < 1.29 is 19.1 Å². The molecule has 9 heteroatoms. The van der Waals surface area contributed by atoms with Crippen LogP contribution in [0.15, 0.2) is 53.9 Å². The average Bonchev–Trinajstić information content (AvgIpc) is 3.24. The number of thiazole rings is 1. The Hall–Kier alpha value is -3.72. The van der Waals surface area contributed by atoms with E-state index in [1.807, 2.05) is 26.0 Å². The van der Waals surface area contributed by atoms with Crippen molar-refractivity contribution >= 4 is 40.1 Å². The molecule has 8 nitrogen and oxygen atoms in total. The average molecular weight is 439 g/mol. The summed E-state index contributed by atoms with van der Waals surface area (Å²) in [5, 5.41) is 5.29. The normalized spacial score (nSPS) is 10.3. The minimum absolute atomic E-state index is 0.0552. The summed E-state index contributed by atoms with van der Waals surface area (Å²) < 4.78 is 4.95. The number of aryl methyl sites for hydroxylation is 2. The number of hydrogen-bond donors (Lipinski definition) is 2. The number of amides is 3. The van der Waals surface area contributed by atoms with Crippen molar-refractivity contribution in [3.05, 3.63) is 76.3 Å². The summed E-state index contributed by atoms with van der Waals surface area (Å²) in [6.45, 7) is 5.74. The number of ether oxygens (including phenoxy) is 1. The molecule has 0 radical (unpaired) electrons. The molecular weight excluding hydrogens is 416 g/mol. The maximum Gasteiger partial charge on any atom is 0.357 e. The topological polar surface area (TPSA) is 101 Å². The molecule has 160 valence electrons. The van der Waals surface area contributed by atoms with Gasteiger partial charge < -0.3 is 10.1 Å². The Bertz CT molecular complexity index is 1080. The van der Waals surface area contributed by atoms with Crippen LogP contribution in [-0.2, 0) is 4.74 Å². The summed E-state index contributed by atoms with van der Waals surface area (Å²) in [6.07, 6.45) is 0. The highest BCUT2D eigenvalue weighted by Gasteiger charge is 2.24. The van der Waals surface area contributed by atoms with Gasteiger partial charge in [-0.1, -0.05) is 35.4 Å². The highest BCUT2D eigenvalue weighted by Crippen LogP contribution is 2.21. The minimum atomic E-state index is -0.630. The first-order valence-electron chi connectivity index (χ1n) is 9.55. The number of rotatable bonds is 5. The van der Waals surface area contributed by atoms with E-state index in [0.29, 0.717) is 11.3 Å². The number of benzene rings is 2. The third-order valence-electron chi connectivity index (χ3n) is 4.20. The van der Waals surface area contributed by atoms with Crippen molar-refractivity contribution in [3.63, 3.8) is 0 Å². The van der Waals surface area contributed by atoms with Gasteiger partial charge in [-0.25, -0.2) is 14.6 Å². The quantitative estimate of drug-likeness (QED) is 0.456. The number of anilines is 2. The first-order chi connectivity index (χ1) is 14.9. The van der Waals surface area contributed by atoms with E-state index < -0.39 is 17.9 Å². The molecule has 0 saturated heterocycles. The maximum atomic E-state index is 13.0. The van der Waals surface area contributed by atoms with Crippen LogP contribution in [0, 0.1) is 13.8 Å². The highest BCUT2D eigenvalue weighted by molar-refractivity contribution is 7.14. The Morgan fingerprint density at radius 2 is 1.61 bits per heavy atom. The number of hydrogen-bond acceptors (Lipinski definition) is 6. The van der Waals surface area contributed by atoms with Gasteiger partial charge in [-0.3, -0.25) is 10.2 Å². The largest absolute Gasteiger partial charge is 0.461 e. The Kier molecular flexibility index (Phi) is 6.99. The van der Waals surface area contributed by atoms with Gasteiger partial charge in [0.2, 0.25) is 5.13 Å². The van der Waals surface area contributed by atoms with E-state index in [1.54, 1.807) is 43.3 Å². The predicted molar refractivity (Wildman–Crippen MR) is 119 cm³/mol. The molecule has 0 bridgehead atoms. The zero-order valence-electron chi connectivity index (χ0n) is 17.3. The molecule has 0 atom stereocenters. The van der Waals surface area contributed by atoms with Gasteiger partial charge in [0.25, 0.3) is 5.91 Å². The van der Waals surface area contributed by atoms with E-state index >= 15 is 0 Å². The number of carbonyl (C=O) groups excluding carboxylic acids is 3. The van der Waals surface area contributed by atoms with Crippen molar-refractivity contribution in [3.8, 4) is 0 Å². The second-order valence-corrected chi connectivity index (χ2v) is 7.51. The smallest absolute Gasteiger partial charge is 0.357 e. The first-order valence-corrected chi connectivity index (χ1v) is 10.4. The molecule has 0 spiro atoms. The molecule has 2 aromatic carbocycles. The standard InChI is InChI=1S/C22H22N4O4S/c1-4-30-20(28)18-13-31-22(24-18)26(21(29)23-17-11-7-15(3)8-12-17)25-19(27)16-9-5-14(2)6-10-16/h5-13H,4H2,1-3H3,(H,23,29)(H,25,27). The van der Waals surface area contributed by atoms with Crippen LogP contribution < -0.4 is 15.8 Å². The number of esters is 1. The van der Waals surface area contributed by atoms with Crippen LogP contribution in [0.5, 0.6) is 0 Å². The van der Waals surface area contributed by atoms with Crippen LogP contribution >= 0.6 is 11.3 Å². The number of carbonyl (C=O) groups is 3. The van der Waals surface area contributed by atoms with Crippen molar-refractivity contribution in [2.75, 3.05) is 16.9 Å². The van der Waals surface area contributed by atoms with Crippen molar-refractivity contribution in [1.29, 1.82) is 0 Å². The molecule has 1 aromatic heterocycles. The summed E-state index contributed by atoms with van der Waals surface area (Å²) in [5.41, 5.74) is 5.59. The molecule has 0 aliphatic rings. The Balaban J connectivity index is 1.86. The fourth-order valence-corrected chi connectivity index (χ4v) is 3.29.